The van der Waals surface area contributed by atoms with E-state index in [1.807, 2.05) is 17.0 Å². The Labute approximate surface area is 227 Å². The fourth-order valence-electron chi connectivity index (χ4n) is 6.27. The number of amides is 1. The van der Waals surface area contributed by atoms with Crippen LogP contribution in [0.1, 0.15) is 63.1 Å². The van der Waals surface area contributed by atoms with E-state index in [4.69, 9.17) is 14.2 Å². The third-order valence-electron chi connectivity index (χ3n) is 8.32. The number of ether oxygens (including phenoxy) is 3. The van der Waals surface area contributed by atoms with Gasteiger partial charge in [-0.05, 0) is 74.6 Å². The molecular weight excluding hydrogens is 480 g/mol. The summed E-state index contributed by atoms with van der Waals surface area (Å²) in [6, 6.07) is 12.1. The Morgan fingerprint density at radius 3 is 2.26 bits per heavy atom. The topological polar surface area (TPSA) is 71.5 Å². The number of benzene rings is 2. The number of hydrogen-bond acceptors (Lipinski definition) is 6. The van der Waals surface area contributed by atoms with Crippen LogP contribution in [-0.4, -0.2) is 62.5 Å². The molecule has 38 heavy (non-hydrogen) atoms. The summed E-state index contributed by atoms with van der Waals surface area (Å²) < 4.78 is 16.3. The molecular formula is C31H42N2O5. The summed E-state index contributed by atoms with van der Waals surface area (Å²) in [5, 5.41) is 11.6. The van der Waals surface area contributed by atoms with Gasteiger partial charge in [0.25, 0.3) is 0 Å². The van der Waals surface area contributed by atoms with Crippen molar-refractivity contribution in [2.24, 2.45) is 5.92 Å². The molecule has 3 atom stereocenters. The van der Waals surface area contributed by atoms with Gasteiger partial charge in [-0.3, -0.25) is 4.79 Å². The predicted molar refractivity (Wildman–Crippen MR) is 151 cm³/mol. The van der Waals surface area contributed by atoms with E-state index in [1.165, 1.54) is 5.69 Å². The molecule has 1 saturated carbocycles. The van der Waals surface area contributed by atoms with Crippen LogP contribution in [0.2, 0.25) is 0 Å². The first-order valence-electron chi connectivity index (χ1n) is 13.7. The second-order valence-electron chi connectivity index (χ2n) is 10.2. The summed E-state index contributed by atoms with van der Waals surface area (Å²) >= 11 is 0. The number of carbonyl (C=O) groups excluding carboxylic acids is 1. The third-order valence-corrected chi connectivity index (χ3v) is 8.32. The van der Waals surface area contributed by atoms with Crippen molar-refractivity contribution in [3.05, 3.63) is 53.6 Å². The lowest BCUT2D eigenvalue weighted by Crippen LogP contribution is -2.56. The van der Waals surface area contributed by atoms with Crippen LogP contribution in [0.4, 0.5) is 5.69 Å². The summed E-state index contributed by atoms with van der Waals surface area (Å²) in [4.78, 5) is 18.0. The lowest BCUT2D eigenvalue weighted by atomic mass is 9.66. The molecule has 206 valence electrons. The van der Waals surface area contributed by atoms with Gasteiger partial charge in [-0.1, -0.05) is 25.0 Å². The highest BCUT2D eigenvalue weighted by Gasteiger charge is 2.49. The SMILES string of the molecule is CCN(CC)c1ccc([C@H]2C3CCCCC3(O)CCN2C(=O)/C=C/c2cc(OC)c(OC)c(OC)c2)cc1. The first kappa shape index (κ1) is 27.8. The van der Waals surface area contributed by atoms with E-state index in [2.05, 4.69) is 43.0 Å². The van der Waals surface area contributed by atoms with Crippen LogP contribution in [0.15, 0.2) is 42.5 Å². The van der Waals surface area contributed by atoms with Gasteiger partial charge in [-0.25, -0.2) is 0 Å². The van der Waals surface area contributed by atoms with Crippen molar-refractivity contribution < 1.29 is 24.1 Å². The maximum atomic E-state index is 13.7. The van der Waals surface area contributed by atoms with Gasteiger partial charge >= 0.3 is 0 Å². The predicted octanol–water partition coefficient (Wildman–Crippen LogP) is 5.47. The van der Waals surface area contributed by atoms with E-state index in [1.54, 1.807) is 33.5 Å². The van der Waals surface area contributed by atoms with Crippen molar-refractivity contribution in [3.63, 3.8) is 0 Å². The first-order chi connectivity index (χ1) is 18.4. The minimum Gasteiger partial charge on any atom is -0.493 e. The summed E-state index contributed by atoms with van der Waals surface area (Å²) in [6.07, 6.45) is 7.84. The van der Waals surface area contributed by atoms with Crippen molar-refractivity contribution in [2.45, 2.75) is 57.6 Å². The van der Waals surface area contributed by atoms with E-state index in [0.717, 1.165) is 49.9 Å². The summed E-state index contributed by atoms with van der Waals surface area (Å²) in [5.74, 6) is 1.54. The lowest BCUT2D eigenvalue weighted by Gasteiger charge is -2.52. The van der Waals surface area contributed by atoms with Gasteiger partial charge in [0.1, 0.15) is 0 Å². The molecule has 0 bridgehead atoms. The molecule has 7 heteroatoms. The Hall–Kier alpha value is -3.19. The Morgan fingerprint density at radius 2 is 1.68 bits per heavy atom. The van der Waals surface area contributed by atoms with Gasteiger partial charge < -0.3 is 29.1 Å². The number of rotatable bonds is 9. The zero-order valence-electron chi connectivity index (χ0n) is 23.4. The van der Waals surface area contributed by atoms with E-state index >= 15 is 0 Å². The molecule has 2 aliphatic rings. The molecule has 1 aliphatic heterocycles. The van der Waals surface area contributed by atoms with Crippen LogP contribution in [0.3, 0.4) is 0 Å². The number of aliphatic hydroxyl groups is 1. The largest absolute Gasteiger partial charge is 0.493 e. The highest BCUT2D eigenvalue weighted by molar-refractivity contribution is 5.92. The zero-order valence-corrected chi connectivity index (χ0v) is 23.4. The molecule has 1 saturated heterocycles. The fourth-order valence-corrected chi connectivity index (χ4v) is 6.27. The van der Waals surface area contributed by atoms with Crippen LogP contribution < -0.4 is 19.1 Å². The normalized spacial score (nSPS) is 23.2. The zero-order chi connectivity index (χ0) is 27.3. The van der Waals surface area contributed by atoms with Crippen LogP contribution >= 0.6 is 0 Å². The first-order valence-corrected chi connectivity index (χ1v) is 13.7. The summed E-state index contributed by atoms with van der Waals surface area (Å²) in [6.45, 7) is 6.71. The Balaban J connectivity index is 1.65. The van der Waals surface area contributed by atoms with Crippen LogP contribution in [0.5, 0.6) is 17.2 Å². The van der Waals surface area contributed by atoms with Gasteiger partial charge in [0.2, 0.25) is 11.7 Å². The number of nitrogens with zero attached hydrogens (tertiary/aromatic N) is 2. The molecule has 2 aromatic rings. The maximum absolute atomic E-state index is 13.7. The molecule has 1 aliphatic carbocycles. The number of carbonyl (C=O) groups is 1. The van der Waals surface area contributed by atoms with Crippen molar-refractivity contribution in [2.75, 3.05) is 45.9 Å². The third kappa shape index (κ3) is 5.48. The van der Waals surface area contributed by atoms with Crippen LogP contribution in [-0.2, 0) is 4.79 Å². The van der Waals surface area contributed by atoms with E-state index in [0.29, 0.717) is 30.2 Å². The highest BCUT2D eigenvalue weighted by Crippen LogP contribution is 2.49. The average molecular weight is 523 g/mol. The second-order valence-corrected chi connectivity index (χ2v) is 10.2. The van der Waals surface area contributed by atoms with Crippen molar-refractivity contribution in [1.82, 2.24) is 4.90 Å². The van der Waals surface area contributed by atoms with Crippen molar-refractivity contribution in [1.29, 1.82) is 0 Å². The minimum atomic E-state index is -0.725. The minimum absolute atomic E-state index is 0.0165. The molecule has 1 amide bonds. The molecule has 7 nitrogen and oxygen atoms in total. The molecule has 2 fully saturated rings. The number of hydrogen-bond donors (Lipinski definition) is 1. The molecule has 2 aromatic carbocycles. The number of anilines is 1. The molecule has 0 radical (unpaired) electrons. The molecule has 0 aromatic heterocycles. The molecule has 1 N–H and O–H groups in total. The lowest BCUT2D eigenvalue weighted by molar-refractivity contribution is -0.150. The average Bonchev–Trinajstić information content (AvgIpc) is 2.95. The van der Waals surface area contributed by atoms with E-state index < -0.39 is 5.60 Å². The Kier molecular flexibility index (Phi) is 8.87. The molecule has 1 heterocycles. The summed E-state index contributed by atoms with van der Waals surface area (Å²) in [7, 11) is 4.72. The quantitative estimate of drug-likeness (QED) is 0.441. The van der Waals surface area contributed by atoms with E-state index in [-0.39, 0.29) is 17.9 Å². The second kappa shape index (κ2) is 12.1. The van der Waals surface area contributed by atoms with Crippen molar-refractivity contribution >= 4 is 17.7 Å². The fraction of sp³-hybridized carbons (Fsp3) is 0.516. The highest BCUT2D eigenvalue weighted by atomic mass is 16.5. The summed E-state index contributed by atoms with van der Waals surface area (Å²) in [5.41, 5.74) is 2.31. The standard InChI is InChI=1S/C31H42N2O5/c1-6-32(7-2)24-14-12-23(13-15-24)29-25-10-8-9-17-31(25,35)18-19-33(29)28(34)16-11-22-20-26(36-3)30(38-5)27(21-22)37-4/h11-16,20-21,25,29,35H,6-10,17-19H2,1-5H3/b16-11+/t25?,29-,31?/m0/s1. The van der Waals surface area contributed by atoms with Gasteiger partial charge in [-0.15, -0.1) is 0 Å². The monoisotopic (exact) mass is 522 g/mol. The van der Waals surface area contributed by atoms with Crippen LogP contribution in [0.25, 0.3) is 6.08 Å². The molecule has 4 rings (SSSR count). The molecule has 0 spiro atoms. The Bertz CT molecular complexity index is 1100. The van der Waals surface area contributed by atoms with Gasteiger partial charge in [0.05, 0.1) is 33.0 Å². The van der Waals surface area contributed by atoms with Gasteiger partial charge in [0, 0.05) is 37.3 Å². The number of piperidine rings is 1. The van der Waals surface area contributed by atoms with Gasteiger partial charge in [0.15, 0.2) is 11.5 Å². The number of fused-ring (bicyclic) bond motifs is 1. The number of methoxy groups -OCH3 is 3. The van der Waals surface area contributed by atoms with Crippen LogP contribution in [0, 0.1) is 5.92 Å². The Morgan fingerprint density at radius 1 is 1.03 bits per heavy atom. The number of likely N-dealkylation sites (tertiary alicyclic amines) is 1. The maximum Gasteiger partial charge on any atom is 0.247 e. The van der Waals surface area contributed by atoms with E-state index in [9.17, 15) is 9.90 Å². The smallest absolute Gasteiger partial charge is 0.247 e. The molecule has 2 unspecified atom stereocenters. The van der Waals surface area contributed by atoms with Gasteiger partial charge in [-0.2, -0.15) is 0 Å². The van der Waals surface area contributed by atoms with Crippen molar-refractivity contribution in [3.8, 4) is 17.2 Å².